The van der Waals surface area contributed by atoms with Crippen molar-refractivity contribution in [3.63, 3.8) is 0 Å². The van der Waals surface area contributed by atoms with Gasteiger partial charge in [-0.1, -0.05) is 59.9 Å². The number of hydrogen-bond donors (Lipinski definition) is 0. The molecule has 0 spiro atoms. The van der Waals surface area contributed by atoms with Gasteiger partial charge < -0.3 is 35.2 Å². The van der Waals surface area contributed by atoms with Crippen LogP contribution in [0.5, 0.6) is 23.0 Å². The van der Waals surface area contributed by atoms with E-state index in [4.69, 9.17) is 15.9 Å². The molecule has 1 aliphatic heterocycles. The summed E-state index contributed by atoms with van der Waals surface area (Å²) in [5.74, 6) is 2.37. The van der Waals surface area contributed by atoms with Crippen molar-refractivity contribution in [1.82, 2.24) is 14.5 Å². The molecule has 264 valence electrons. The summed E-state index contributed by atoms with van der Waals surface area (Å²) in [6, 6.07) is 57.7. The van der Waals surface area contributed by atoms with Crippen LogP contribution in [0.4, 0.5) is 5.69 Å². The standard InChI is InChI=1S/C39H25N3O2.C6H4N.2Pt/c1-41-20-21-42(28-41)34-13-9-17-37(27-34)44-38-24-32(29-10-4-2-5-11-29)22-33(25-38)39-26-31(18-19-40-39)30-12-8-16-36(23-30)43-35-14-6-3-7-15-35;1-2-7-5-3-4-6-7;;/h2-14,16-17,19-22,24,26,28H,1H3;3-6H;;/q-6;-1;;+4. The summed E-state index contributed by atoms with van der Waals surface area (Å²) >= 11 is 0. The van der Waals surface area contributed by atoms with Crippen molar-refractivity contribution in [3.05, 3.63) is 196 Å². The van der Waals surface area contributed by atoms with E-state index in [2.05, 4.69) is 59.6 Å². The van der Waals surface area contributed by atoms with Gasteiger partial charge in [0, 0.05) is 56.5 Å². The number of pyridine rings is 1. The molecule has 1 aliphatic rings. The van der Waals surface area contributed by atoms with Crippen molar-refractivity contribution in [2.75, 3.05) is 11.9 Å². The molecule has 0 unspecified atom stereocenters. The van der Waals surface area contributed by atoms with Gasteiger partial charge in [0.15, 0.2) is 0 Å². The van der Waals surface area contributed by atoms with E-state index in [9.17, 15) is 0 Å². The zero-order valence-electron chi connectivity index (χ0n) is 28.2. The van der Waals surface area contributed by atoms with Crippen molar-refractivity contribution >= 4 is 5.69 Å². The van der Waals surface area contributed by atoms with E-state index in [-0.39, 0.29) is 42.1 Å². The minimum atomic E-state index is 0. The molecular formula is C45H29N4O2Pt2-3. The van der Waals surface area contributed by atoms with Crippen LogP contribution in [0.15, 0.2) is 152 Å². The summed E-state index contributed by atoms with van der Waals surface area (Å²) in [7, 11) is 1.98. The average Bonchev–Trinajstić information content (AvgIpc) is 3.88. The van der Waals surface area contributed by atoms with Gasteiger partial charge in [-0.15, -0.1) is 53.7 Å². The summed E-state index contributed by atoms with van der Waals surface area (Å²) in [5, 5.41) is 0. The maximum absolute atomic E-state index is 6.57. The van der Waals surface area contributed by atoms with Crippen LogP contribution < -0.4 is 14.4 Å². The second-order valence-corrected chi connectivity index (χ2v) is 11.3. The monoisotopic (exact) mass is 1050 g/mol. The van der Waals surface area contributed by atoms with Gasteiger partial charge in [0.1, 0.15) is 0 Å². The second-order valence-electron chi connectivity index (χ2n) is 11.3. The largest absolute Gasteiger partial charge is 4.00 e. The predicted octanol–water partition coefficient (Wildman–Crippen LogP) is 9.89. The van der Waals surface area contributed by atoms with Crippen LogP contribution in [0.3, 0.4) is 0 Å². The molecule has 7 aromatic rings. The quantitative estimate of drug-likeness (QED) is 0.112. The van der Waals surface area contributed by atoms with E-state index in [1.807, 2.05) is 139 Å². The molecule has 3 heterocycles. The first-order valence-electron chi connectivity index (χ1n) is 16.1. The summed E-state index contributed by atoms with van der Waals surface area (Å²) in [6.45, 7) is 1.98. The Balaban J connectivity index is 0.000000542. The molecule has 0 amide bonds. The van der Waals surface area contributed by atoms with Crippen LogP contribution in [-0.4, -0.2) is 21.5 Å². The summed E-state index contributed by atoms with van der Waals surface area (Å²) in [4.78, 5) is 8.63. The third-order valence-electron chi connectivity index (χ3n) is 7.64. The topological polar surface area (TPSA) is 42.8 Å². The molecule has 53 heavy (non-hydrogen) atoms. The van der Waals surface area contributed by atoms with Gasteiger partial charge in [-0.05, 0) is 37.1 Å². The Kier molecular flexibility index (Phi) is 13.7. The van der Waals surface area contributed by atoms with E-state index < -0.39 is 0 Å². The van der Waals surface area contributed by atoms with E-state index in [0.717, 1.165) is 39.2 Å². The van der Waals surface area contributed by atoms with Crippen molar-refractivity contribution in [3.8, 4) is 62.6 Å². The number of ether oxygens (including phenoxy) is 2. The van der Waals surface area contributed by atoms with Crippen LogP contribution in [-0.2, 0) is 42.1 Å². The fourth-order valence-corrected chi connectivity index (χ4v) is 5.21. The van der Waals surface area contributed by atoms with Crippen molar-refractivity contribution in [2.24, 2.45) is 0 Å². The Morgan fingerprint density at radius 1 is 0.660 bits per heavy atom. The Bertz CT molecular complexity index is 2290. The van der Waals surface area contributed by atoms with Crippen molar-refractivity contribution in [1.29, 1.82) is 0 Å². The molecule has 0 aliphatic carbocycles. The normalized spacial score (nSPS) is 11.3. The maximum atomic E-state index is 6.57. The van der Waals surface area contributed by atoms with Gasteiger partial charge in [0.2, 0.25) is 0 Å². The molecule has 0 bridgehead atoms. The Morgan fingerprint density at radius 2 is 1.38 bits per heavy atom. The summed E-state index contributed by atoms with van der Waals surface area (Å²) < 4.78 is 13.9. The molecule has 0 N–H and O–H groups in total. The summed E-state index contributed by atoms with van der Waals surface area (Å²) in [5.41, 5.74) is 6.11. The molecular weight excluding hydrogens is 1020 g/mol. The first-order valence-corrected chi connectivity index (χ1v) is 16.1. The minimum absolute atomic E-state index is 0. The van der Waals surface area contributed by atoms with E-state index in [1.165, 1.54) is 0 Å². The van der Waals surface area contributed by atoms with Crippen LogP contribution >= 0.6 is 0 Å². The van der Waals surface area contributed by atoms with Crippen LogP contribution in [0, 0.1) is 49.5 Å². The third-order valence-corrected chi connectivity index (χ3v) is 7.64. The summed E-state index contributed by atoms with van der Waals surface area (Å²) in [6.07, 6.45) is 15.7. The zero-order chi connectivity index (χ0) is 34.8. The van der Waals surface area contributed by atoms with Crippen molar-refractivity contribution < 1.29 is 51.6 Å². The zero-order valence-corrected chi connectivity index (χ0v) is 32.8. The number of hydrogen-bond acceptors (Lipinski definition) is 5. The fraction of sp³-hybridized carbons (Fsp3) is 0.0222. The van der Waals surface area contributed by atoms with Gasteiger partial charge in [-0.3, -0.25) is 11.1 Å². The van der Waals surface area contributed by atoms with E-state index in [1.54, 1.807) is 23.2 Å². The molecule has 8 heteroatoms. The molecule has 0 atom stereocenters. The molecule has 2 aromatic heterocycles. The van der Waals surface area contributed by atoms with E-state index >= 15 is 0 Å². The number of aromatic nitrogens is 2. The maximum Gasteiger partial charge on any atom is 4.00 e. The molecule has 5 aromatic carbocycles. The van der Waals surface area contributed by atoms with Crippen LogP contribution in [0.1, 0.15) is 0 Å². The van der Waals surface area contributed by atoms with Gasteiger partial charge >= 0.3 is 21.1 Å². The Morgan fingerprint density at radius 3 is 2.09 bits per heavy atom. The number of para-hydroxylation sites is 1. The first-order chi connectivity index (χ1) is 25.1. The van der Waals surface area contributed by atoms with Gasteiger partial charge in [0.25, 0.3) is 0 Å². The fourth-order valence-electron chi connectivity index (χ4n) is 5.21. The Labute approximate surface area is 339 Å². The van der Waals surface area contributed by atoms with Crippen LogP contribution in [0.25, 0.3) is 33.5 Å². The van der Waals surface area contributed by atoms with Crippen molar-refractivity contribution in [2.45, 2.75) is 0 Å². The smallest absolute Gasteiger partial charge is 0.669 e. The van der Waals surface area contributed by atoms with Gasteiger partial charge in [0.05, 0.1) is 0 Å². The van der Waals surface area contributed by atoms with Gasteiger partial charge in [-0.25, -0.2) is 24.2 Å². The molecule has 8 rings (SSSR count). The SMILES string of the molecule is CN1C=CN(c2[c-]c(Oc3[c-]c(-c4cc(-c5[c-]c(Oc6[c-]cccc6)ccc5)[c-]cn4)cc(-c4ccccc4)c3)ccc2)[CH-]1.[C-]#Cn1cccc1.[Pt+4].[Pt]. The molecule has 0 radical (unpaired) electrons. The number of nitrogens with zero attached hydrogens (tertiary/aromatic N) is 4. The first kappa shape index (κ1) is 38.6. The Hall–Kier alpha value is -5.59. The third kappa shape index (κ3) is 10.3. The number of benzene rings is 5. The second kappa shape index (κ2) is 18.8. The molecule has 0 fully saturated rings. The van der Waals surface area contributed by atoms with Gasteiger partial charge in [-0.2, -0.15) is 43.1 Å². The minimum Gasteiger partial charge on any atom is -0.669 e. The average molecular weight is 1050 g/mol. The molecule has 0 saturated heterocycles. The number of rotatable bonds is 8. The number of anilines is 1. The molecule has 6 nitrogen and oxygen atoms in total. The van der Waals surface area contributed by atoms with Crippen LogP contribution in [0.2, 0.25) is 0 Å². The van der Waals surface area contributed by atoms with E-state index in [0.29, 0.717) is 23.0 Å². The molecule has 0 saturated carbocycles. The predicted molar refractivity (Wildman–Crippen MR) is 198 cm³/mol.